The minimum Gasteiger partial charge on any atom is -0.442 e. The van der Waals surface area contributed by atoms with Crippen LogP contribution >= 0.6 is 0 Å². The van der Waals surface area contributed by atoms with E-state index in [2.05, 4.69) is 36.2 Å². The third kappa shape index (κ3) is 8.94. The number of hydrogen-bond acceptors (Lipinski definition) is 4. The quantitative estimate of drug-likeness (QED) is 0.238. The number of oxazole rings is 1. The number of carbonyl (C=O) groups excluding carboxylic acids is 1. The van der Waals surface area contributed by atoms with Crippen molar-refractivity contribution in [2.24, 2.45) is 0 Å². The predicted octanol–water partition coefficient (Wildman–Crippen LogP) is 7.89. The van der Waals surface area contributed by atoms with Gasteiger partial charge >= 0.3 is 6.09 Å². The van der Waals surface area contributed by atoms with Crippen LogP contribution in [-0.2, 0) is 25.8 Å². The minimum atomic E-state index is -0.332. The van der Waals surface area contributed by atoms with Gasteiger partial charge in [-0.15, -0.1) is 0 Å². The van der Waals surface area contributed by atoms with Crippen molar-refractivity contribution in [3.8, 4) is 5.75 Å². The topological polar surface area (TPSA) is 55.6 Å². The van der Waals surface area contributed by atoms with Crippen molar-refractivity contribution in [2.75, 3.05) is 6.54 Å². The lowest BCUT2D eigenvalue weighted by atomic mass is 10.0. The summed E-state index contributed by atoms with van der Waals surface area (Å²) in [6, 6.07) is 16.1. The number of ether oxygens (including phenoxy) is 1. The highest BCUT2D eigenvalue weighted by atomic mass is 16.6. The number of carbonyl (C=O) groups is 1. The zero-order valence-corrected chi connectivity index (χ0v) is 22.4. The van der Waals surface area contributed by atoms with Crippen molar-refractivity contribution in [1.82, 2.24) is 9.88 Å². The van der Waals surface area contributed by atoms with E-state index in [0.29, 0.717) is 24.7 Å². The van der Waals surface area contributed by atoms with Gasteiger partial charge in [-0.25, -0.2) is 9.78 Å². The molecule has 3 rings (SSSR count). The molecule has 194 valence electrons. The van der Waals surface area contributed by atoms with Crippen LogP contribution in [0.3, 0.4) is 0 Å². The van der Waals surface area contributed by atoms with E-state index in [9.17, 15) is 4.79 Å². The Labute approximate surface area is 221 Å². The number of allylic oxidation sites excluding steroid dienone is 5. The molecule has 1 heterocycles. The molecule has 1 aromatic heterocycles. The molecule has 0 N–H and O–H groups in total. The first-order valence-electron chi connectivity index (χ1n) is 13.1. The molecule has 5 heteroatoms. The van der Waals surface area contributed by atoms with Crippen LogP contribution in [0, 0.1) is 6.92 Å². The first-order chi connectivity index (χ1) is 18.0. The molecule has 37 heavy (non-hydrogen) atoms. The molecular weight excluding hydrogens is 460 g/mol. The number of hydrogen-bond donors (Lipinski definition) is 0. The number of nitrogens with zero attached hydrogens (tertiary/aromatic N) is 2. The number of aryl methyl sites for hydroxylation is 4. The molecule has 0 radical (unpaired) electrons. The SMILES string of the molecule is C\C=C/C=C\C=C\c1nc(CCCc2ccc(CN(CC)C(=O)Oc3ccc(CC)cc3)cc2)c(C)o1. The zero-order valence-electron chi connectivity index (χ0n) is 22.4. The van der Waals surface area contributed by atoms with Gasteiger partial charge in [0.15, 0.2) is 0 Å². The maximum absolute atomic E-state index is 12.7. The van der Waals surface area contributed by atoms with E-state index in [0.717, 1.165) is 42.7 Å². The Hall–Kier alpha value is -3.86. The van der Waals surface area contributed by atoms with Crippen LogP contribution in [-0.4, -0.2) is 22.5 Å². The highest BCUT2D eigenvalue weighted by Crippen LogP contribution is 2.17. The van der Waals surface area contributed by atoms with Gasteiger partial charge in [0, 0.05) is 19.2 Å². The first kappa shape index (κ1) is 27.7. The van der Waals surface area contributed by atoms with E-state index in [1.807, 2.05) is 81.5 Å². The van der Waals surface area contributed by atoms with Gasteiger partial charge in [-0.1, -0.05) is 73.7 Å². The summed E-state index contributed by atoms with van der Waals surface area (Å²) >= 11 is 0. The summed E-state index contributed by atoms with van der Waals surface area (Å²) in [7, 11) is 0. The molecule has 0 unspecified atom stereocenters. The van der Waals surface area contributed by atoms with Gasteiger partial charge in [0.05, 0.1) is 5.69 Å². The summed E-state index contributed by atoms with van der Waals surface area (Å²) in [5.74, 6) is 2.09. The number of benzene rings is 2. The highest BCUT2D eigenvalue weighted by molar-refractivity contribution is 5.70. The lowest BCUT2D eigenvalue weighted by Crippen LogP contribution is -2.32. The Kier molecular flexibility index (Phi) is 11.0. The Morgan fingerprint density at radius 3 is 2.27 bits per heavy atom. The second-order valence-corrected chi connectivity index (χ2v) is 8.87. The third-order valence-electron chi connectivity index (χ3n) is 6.13. The maximum Gasteiger partial charge on any atom is 0.415 e. The van der Waals surface area contributed by atoms with Gasteiger partial charge in [-0.3, -0.25) is 0 Å². The summed E-state index contributed by atoms with van der Waals surface area (Å²) in [6.45, 7) is 9.11. The second kappa shape index (κ2) is 14.6. The number of amides is 1. The van der Waals surface area contributed by atoms with Crippen molar-refractivity contribution in [1.29, 1.82) is 0 Å². The molecule has 0 atom stereocenters. The monoisotopic (exact) mass is 498 g/mol. The van der Waals surface area contributed by atoms with Gasteiger partial charge in [-0.05, 0) is 75.3 Å². The van der Waals surface area contributed by atoms with Crippen LogP contribution in [0.1, 0.15) is 61.2 Å². The lowest BCUT2D eigenvalue weighted by Gasteiger charge is -2.20. The standard InChI is InChI=1S/C32H38N2O3/c1-5-8-9-10-11-15-31-33-30(25(4)36-31)14-12-13-27-16-18-28(19-17-27)24-34(7-3)32(35)37-29-22-20-26(6-2)21-23-29/h5,8-11,15-23H,6-7,12-14,24H2,1-4H3/b8-5-,10-9-,15-11+. The highest BCUT2D eigenvalue weighted by Gasteiger charge is 2.15. The molecule has 5 nitrogen and oxygen atoms in total. The van der Waals surface area contributed by atoms with Crippen LogP contribution in [0.2, 0.25) is 0 Å². The Morgan fingerprint density at radius 1 is 0.919 bits per heavy atom. The van der Waals surface area contributed by atoms with E-state index in [1.54, 1.807) is 4.90 Å². The third-order valence-corrected chi connectivity index (χ3v) is 6.13. The van der Waals surface area contributed by atoms with E-state index in [1.165, 1.54) is 11.1 Å². The Bertz CT molecular complexity index is 1200. The maximum atomic E-state index is 12.7. The van der Waals surface area contributed by atoms with Gasteiger partial charge in [0.1, 0.15) is 11.5 Å². The molecular formula is C32H38N2O3. The molecule has 0 bridgehead atoms. The summed E-state index contributed by atoms with van der Waals surface area (Å²) in [5, 5.41) is 0. The van der Waals surface area contributed by atoms with Crippen LogP contribution in [0.5, 0.6) is 5.75 Å². The molecule has 3 aromatic rings. The van der Waals surface area contributed by atoms with Crippen LogP contribution in [0.4, 0.5) is 4.79 Å². The molecule has 2 aromatic carbocycles. The van der Waals surface area contributed by atoms with Crippen molar-refractivity contribution in [3.63, 3.8) is 0 Å². The number of aromatic nitrogens is 1. The van der Waals surface area contributed by atoms with Crippen molar-refractivity contribution >= 4 is 12.2 Å². The van der Waals surface area contributed by atoms with Crippen LogP contribution < -0.4 is 4.74 Å². The fourth-order valence-corrected chi connectivity index (χ4v) is 3.89. The van der Waals surface area contributed by atoms with Gasteiger partial charge in [0.25, 0.3) is 0 Å². The fourth-order valence-electron chi connectivity index (χ4n) is 3.89. The molecule has 0 saturated carbocycles. The fraction of sp³-hybridized carbons (Fsp3) is 0.312. The molecule has 0 spiro atoms. The Morgan fingerprint density at radius 2 is 1.59 bits per heavy atom. The molecule has 0 aliphatic carbocycles. The van der Waals surface area contributed by atoms with Gasteiger partial charge < -0.3 is 14.1 Å². The normalized spacial score (nSPS) is 11.7. The minimum absolute atomic E-state index is 0.332. The van der Waals surface area contributed by atoms with Crippen LogP contribution in [0.25, 0.3) is 6.08 Å². The molecule has 0 aliphatic heterocycles. The molecule has 0 aliphatic rings. The van der Waals surface area contributed by atoms with Crippen molar-refractivity contribution in [2.45, 2.75) is 59.9 Å². The molecule has 1 amide bonds. The van der Waals surface area contributed by atoms with E-state index in [4.69, 9.17) is 9.15 Å². The second-order valence-electron chi connectivity index (χ2n) is 8.87. The predicted molar refractivity (Wildman–Crippen MR) is 151 cm³/mol. The van der Waals surface area contributed by atoms with E-state index in [-0.39, 0.29) is 6.09 Å². The molecule has 0 fully saturated rings. The van der Waals surface area contributed by atoms with Gasteiger partial charge in [0.2, 0.25) is 5.89 Å². The smallest absolute Gasteiger partial charge is 0.415 e. The van der Waals surface area contributed by atoms with Crippen LogP contribution in [0.15, 0.2) is 83.3 Å². The lowest BCUT2D eigenvalue weighted by molar-refractivity contribution is 0.152. The average Bonchev–Trinajstić information content (AvgIpc) is 3.27. The van der Waals surface area contributed by atoms with E-state index >= 15 is 0 Å². The van der Waals surface area contributed by atoms with Crippen molar-refractivity contribution in [3.05, 3.63) is 113 Å². The largest absolute Gasteiger partial charge is 0.442 e. The van der Waals surface area contributed by atoms with E-state index < -0.39 is 0 Å². The Balaban J connectivity index is 1.47. The summed E-state index contributed by atoms with van der Waals surface area (Å²) in [4.78, 5) is 19.0. The first-order valence-corrected chi connectivity index (χ1v) is 13.1. The summed E-state index contributed by atoms with van der Waals surface area (Å²) in [5.41, 5.74) is 4.57. The summed E-state index contributed by atoms with van der Waals surface area (Å²) < 4.78 is 11.3. The molecule has 0 saturated heterocycles. The van der Waals surface area contributed by atoms with Gasteiger partial charge in [-0.2, -0.15) is 0 Å². The summed E-state index contributed by atoms with van der Waals surface area (Å²) in [6.07, 6.45) is 15.1. The number of rotatable bonds is 12. The average molecular weight is 499 g/mol. The zero-order chi connectivity index (χ0) is 26.5. The van der Waals surface area contributed by atoms with Crippen molar-refractivity contribution < 1.29 is 13.9 Å².